The second-order valence-corrected chi connectivity index (χ2v) is 11.6. The molecule has 0 bridgehead atoms. The average Bonchev–Trinajstić information content (AvgIpc) is 3.07. The van der Waals surface area contributed by atoms with Gasteiger partial charge in [0.25, 0.3) is 0 Å². The van der Waals surface area contributed by atoms with Crippen molar-refractivity contribution < 1.29 is 21.6 Å². The maximum atomic E-state index is 9.56. The molecule has 0 amide bonds. The number of hydrogen-bond donors (Lipinski definition) is 1. The van der Waals surface area contributed by atoms with E-state index in [1.54, 1.807) is 0 Å². The quantitative estimate of drug-likeness (QED) is 0.102. The molecule has 1 aliphatic heterocycles. The van der Waals surface area contributed by atoms with Crippen LogP contribution in [-0.2, 0) is 14.6 Å². The molecule has 1 heterocycles. The van der Waals surface area contributed by atoms with Gasteiger partial charge in [-0.15, -0.1) is 0 Å². The molecule has 0 saturated carbocycles. The topological polar surface area (TPSA) is 63.6 Å². The van der Waals surface area contributed by atoms with E-state index in [1.807, 2.05) is 0 Å². The maximum Gasteiger partial charge on any atom is 0.397 e. The molecule has 206 valence electrons. The summed E-state index contributed by atoms with van der Waals surface area (Å²) in [6.07, 6.45) is 26.4. The van der Waals surface area contributed by atoms with Crippen molar-refractivity contribution in [2.45, 2.75) is 162 Å². The summed E-state index contributed by atoms with van der Waals surface area (Å²) in [5, 5.41) is 0. The Kier molecular flexibility index (Phi) is 20.9. The zero-order valence-corrected chi connectivity index (χ0v) is 24.3. The number of unbranched alkanes of at least 4 members (excludes halogenated alkanes) is 15. The van der Waals surface area contributed by atoms with Gasteiger partial charge in [-0.1, -0.05) is 96.8 Å². The molecule has 0 aromatic rings. The normalized spacial score (nSPS) is 22.5. The van der Waals surface area contributed by atoms with Gasteiger partial charge in [0.05, 0.1) is 31.8 Å². The lowest BCUT2D eigenvalue weighted by Crippen LogP contribution is -2.55. The van der Waals surface area contributed by atoms with Crippen LogP contribution in [-0.4, -0.2) is 49.2 Å². The smallest absolute Gasteiger partial charge is 0.319 e. The van der Waals surface area contributed by atoms with Crippen LogP contribution in [0.3, 0.4) is 0 Å². The Balaban J connectivity index is 0.00000135. The number of likely N-dealkylation sites (tertiary alicyclic amines) is 1. The number of nitrogens with zero attached hydrogens (tertiary/aromatic N) is 1. The highest BCUT2D eigenvalue weighted by Crippen LogP contribution is 2.33. The van der Waals surface area contributed by atoms with Gasteiger partial charge in [0, 0.05) is 12.8 Å². The highest BCUT2D eigenvalue weighted by molar-refractivity contribution is 7.80. The molecule has 1 rings (SSSR count). The number of hydrogen-bond acceptors (Lipinski definition) is 3. The predicted molar refractivity (Wildman–Crippen MR) is 147 cm³/mol. The minimum Gasteiger partial charge on any atom is -0.319 e. The third-order valence-electron chi connectivity index (χ3n) is 8.04. The van der Waals surface area contributed by atoms with Crippen LogP contribution in [0.1, 0.15) is 150 Å². The van der Waals surface area contributed by atoms with Crippen molar-refractivity contribution in [3.63, 3.8) is 0 Å². The third kappa shape index (κ3) is 16.5. The van der Waals surface area contributed by atoms with E-state index in [2.05, 4.69) is 31.9 Å². The van der Waals surface area contributed by atoms with E-state index in [1.165, 1.54) is 140 Å². The highest BCUT2D eigenvalue weighted by atomic mass is 32.3. The molecule has 34 heavy (non-hydrogen) atoms. The Morgan fingerprint density at radius 3 is 1.29 bits per heavy atom. The van der Waals surface area contributed by atoms with Crippen molar-refractivity contribution in [3.8, 4) is 0 Å². The SMILES string of the molecule is CCCCCCCCCCCCCCCCCC[N+]1(CC)C(C)CCC1C.CCOS(=O)(=O)O. The van der Waals surface area contributed by atoms with Gasteiger partial charge in [0.1, 0.15) is 0 Å². The highest BCUT2D eigenvalue weighted by Gasteiger charge is 2.42. The van der Waals surface area contributed by atoms with Crippen molar-refractivity contribution in [2.75, 3.05) is 19.7 Å². The number of quaternary nitrogens is 1. The van der Waals surface area contributed by atoms with Gasteiger partial charge in [0.2, 0.25) is 0 Å². The van der Waals surface area contributed by atoms with Crippen molar-refractivity contribution in [1.29, 1.82) is 0 Å². The maximum absolute atomic E-state index is 9.56. The molecule has 2 atom stereocenters. The third-order valence-corrected chi connectivity index (χ3v) is 8.57. The molecule has 0 spiro atoms. The molecule has 0 aromatic heterocycles. The fourth-order valence-corrected chi connectivity index (χ4v) is 6.05. The van der Waals surface area contributed by atoms with Crippen LogP contribution in [0.2, 0.25) is 0 Å². The molecule has 0 aliphatic carbocycles. The summed E-state index contributed by atoms with van der Waals surface area (Å²) in [5.74, 6) is 0. The summed E-state index contributed by atoms with van der Waals surface area (Å²) in [6.45, 7) is 14.0. The first-order chi connectivity index (χ1) is 16.2. The van der Waals surface area contributed by atoms with Crippen LogP contribution in [0.4, 0.5) is 0 Å². The monoisotopic (exact) mass is 506 g/mol. The molecule has 1 N–H and O–H groups in total. The Morgan fingerprint density at radius 1 is 0.676 bits per heavy atom. The Labute approximate surface area is 214 Å². The van der Waals surface area contributed by atoms with Gasteiger partial charge in [-0.2, -0.15) is 8.42 Å². The van der Waals surface area contributed by atoms with Crippen molar-refractivity contribution in [2.24, 2.45) is 0 Å². The second-order valence-electron chi connectivity index (χ2n) is 10.6. The molecule has 1 aliphatic rings. The van der Waals surface area contributed by atoms with Gasteiger partial charge < -0.3 is 4.48 Å². The van der Waals surface area contributed by atoms with Gasteiger partial charge in [-0.05, 0) is 40.5 Å². The molecule has 2 unspecified atom stereocenters. The zero-order chi connectivity index (χ0) is 25.7. The van der Waals surface area contributed by atoms with Crippen LogP contribution >= 0.6 is 0 Å². The lowest BCUT2D eigenvalue weighted by atomic mass is 10.0. The fourth-order valence-electron chi connectivity index (χ4n) is 5.76. The molecule has 0 radical (unpaired) electrons. The summed E-state index contributed by atoms with van der Waals surface area (Å²) < 4.78 is 32.1. The van der Waals surface area contributed by atoms with E-state index in [9.17, 15) is 8.42 Å². The first-order valence-electron chi connectivity index (χ1n) is 14.7. The zero-order valence-electron chi connectivity index (χ0n) is 23.5. The van der Waals surface area contributed by atoms with E-state index in [-0.39, 0.29) is 6.61 Å². The van der Waals surface area contributed by atoms with E-state index < -0.39 is 10.4 Å². The lowest BCUT2D eigenvalue weighted by molar-refractivity contribution is -0.956. The first-order valence-corrected chi connectivity index (χ1v) is 16.1. The molecule has 6 heteroatoms. The minimum atomic E-state index is -4.17. The first kappa shape index (κ1) is 33.8. The van der Waals surface area contributed by atoms with Crippen LogP contribution in [0.25, 0.3) is 0 Å². The second kappa shape index (κ2) is 21.0. The fraction of sp³-hybridized carbons (Fsp3) is 1.00. The summed E-state index contributed by atoms with van der Waals surface area (Å²) in [5.41, 5.74) is 0. The van der Waals surface area contributed by atoms with Crippen LogP contribution in [0.15, 0.2) is 0 Å². The molecular formula is C28H60NO4S+. The van der Waals surface area contributed by atoms with Crippen molar-refractivity contribution in [1.82, 2.24) is 0 Å². The Hall–Kier alpha value is -0.170. The van der Waals surface area contributed by atoms with Gasteiger partial charge in [-0.25, -0.2) is 4.18 Å². The Morgan fingerprint density at radius 2 is 1.03 bits per heavy atom. The molecule has 0 aromatic carbocycles. The molecular weight excluding hydrogens is 446 g/mol. The summed E-state index contributed by atoms with van der Waals surface area (Å²) in [7, 11) is -4.17. The van der Waals surface area contributed by atoms with E-state index >= 15 is 0 Å². The predicted octanol–water partition coefficient (Wildman–Crippen LogP) is 8.48. The lowest BCUT2D eigenvalue weighted by Gasteiger charge is -2.42. The molecule has 5 nitrogen and oxygen atoms in total. The summed E-state index contributed by atoms with van der Waals surface area (Å²) >= 11 is 0. The van der Waals surface area contributed by atoms with Crippen LogP contribution in [0.5, 0.6) is 0 Å². The van der Waals surface area contributed by atoms with Crippen LogP contribution in [0, 0.1) is 0 Å². The van der Waals surface area contributed by atoms with Gasteiger partial charge in [-0.3, -0.25) is 4.55 Å². The standard InChI is InChI=1S/C26H54N.C2H6O4S/c1-5-7-8-9-10-11-12-13-14-15-16-17-18-19-20-21-24-27(6-2)25(3)22-23-26(27)4;1-2-6-7(3,4)5/h25-26H,5-24H2,1-4H3;2H2,1H3,(H,3,4,5)/q+1;. The van der Waals surface area contributed by atoms with E-state index in [0.29, 0.717) is 0 Å². The van der Waals surface area contributed by atoms with Crippen LogP contribution < -0.4 is 0 Å². The van der Waals surface area contributed by atoms with E-state index in [0.717, 1.165) is 12.1 Å². The summed E-state index contributed by atoms with van der Waals surface area (Å²) in [4.78, 5) is 0. The molecule has 1 fully saturated rings. The van der Waals surface area contributed by atoms with Gasteiger partial charge in [0.15, 0.2) is 0 Å². The average molecular weight is 507 g/mol. The Bertz CT molecular complexity index is 543. The number of rotatable bonds is 20. The minimum absolute atomic E-state index is 0.0289. The summed E-state index contributed by atoms with van der Waals surface area (Å²) in [6, 6.07) is 1.81. The largest absolute Gasteiger partial charge is 0.397 e. The van der Waals surface area contributed by atoms with Gasteiger partial charge >= 0.3 is 10.4 Å². The van der Waals surface area contributed by atoms with E-state index in [4.69, 9.17) is 4.55 Å². The van der Waals surface area contributed by atoms with Crippen molar-refractivity contribution >= 4 is 10.4 Å². The van der Waals surface area contributed by atoms with Crippen molar-refractivity contribution in [3.05, 3.63) is 0 Å². The molecule has 1 saturated heterocycles.